The molecule has 93 heavy (non-hydrogen) atoms. The summed E-state index contributed by atoms with van der Waals surface area (Å²) in [7, 11) is 2.94. The van der Waals surface area contributed by atoms with Crippen molar-refractivity contribution >= 4 is 121 Å². The largest absolute Gasteiger partial charge is 0.481 e. The summed E-state index contributed by atoms with van der Waals surface area (Å²) >= 11 is 7.06. The number of aromatic nitrogens is 8. The second-order valence-electron chi connectivity index (χ2n) is 22.2. The highest BCUT2D eigenvalue weighted by Gasteiger charge is 2.37. The van der Waals surface area contributed by atoms with Gasteiger partial charge in [-0.05, 0) is 56.2 Å². The Hall–Kier alpha value is -8.76. The Morgan fingerprint density at radius 2 is 1.44 bits per heavy atom. The zero-order valence-electron chi connectivity index (χ0n) is 50.2. The minimum atomic E-state index is -1.35. The van der Waals surface area contributed by atoms with Gasteiger partial charge in [-0.2, -0.15) is 0 Å². The Labute approximate surface area is 554 Å². The second-order valence-corrected chi connectivity index (χ2v) is 28.0. The van der Waals surface area contributed by atoms with E-state index in [9.17, 15) is 53.7 Å². The van der Waals surface area contributed by atoms with Crippen LogP contribution in [0.3, 0.4) is 0 Å². The molecule has 482 valence electrons. The van der Waals surface area contributed by atoms with E-state index >= 15 is 0 Å². The summed E-state index contributed by atoms with van der Waals surface area (Å²) in [6.45, 7) is 4.79. The first-order chi connectivity index (χ1) is 44.7. The number of rotatable bonds is 14. The Morgan fingerprint density at radius 3 is 2.16 bits per heavy atom. The number of aliphatic carboxylic acids is 1. The number of carboxylic acids is 2. The van der Waals surface area contributed by atoms with E-state index in [-0.39, 0.29) is 85.2 Å². The van der Waals surface area contributed by atoms with Crippen molar-refractivity contribution in [1.82, 2.24) is 61.1 Å². The first-order valence-corrected chi connectivity index (χ1v) is 34.3. The third kappa shape index (κ3) is 14.7. The molecule has 1 aromatic carbocycles. The van der Waals surface area contributed by atoms with Crippen LogP contribution in [0.4, 0.5) is 5.82 Å². The Morgan fingerprint density at radius 1 is 0.742 bits per heavy atom. The van der Waals surface area contributed by atoms with E-state index in [0.717, 1.165) is 51.5 Å². The van der Waals surface area contributed by atoms with Gasteiger partial charge in [0, 0.05) is 64.4 Å². The molecule has 5 amide bonds. The first-order valence-electron chi connectivity index (χ1n) is 29.1. The molecule has 4 atom stereocenters. The number of oxazole rings is 1. The number of hydrogen-bond acceptors (Lipinski definition) is 25. The van der Waals surface area contributed by atoms with Gasteiger partial charge in [0.05, 0.1) is 53.3 Å². The maximum absolute atomic E-state index is 14.5. The van der Waals surface area contributed by atoms with E-state index in [1.54, 1.807) is 70.9 Å². The number of Topliss-reactive ketones (excluding diaryl/α,β-unsaturated/α-hetero) is 1. The van der Waals surface area contributed by atoms with Crippen LogP contribution >= 0.6 is 68.0 Å². The number of amides is 5. The maximum atomic E-state index is 14.5. The van der Waals surface area contributed by atoms with Gasteiger partial charge in [-0.25, -0.2) is 44.7 Å². The SMILES string of the molecule is CNC(=O)C[C@@H]1NC(=O)c2csc(n2)-c2ccc(-c3nc(N(Cc4ncc(C(=O)O)o4)C(=O)C4CCC(C(=O)O)CC4)cs3)nc2-c2csc(n2)-c2csc(n2)[C@H]([C@@H](O)c2ccccc2)NC(=O)CNC(=O)c2nc(sc2COC)C(C(C)C)CC(=O)c2nc1sc2C. The number of anilines is 1. The molecule has 9 aromatic rings. The lowest BCUT2D eigenvalue weighted by Crippen LogP contribution is -2.40. The van der Waals surface area contributed by atoms with Crippen LogP contribution in [0.25, 0.3) is 43.4 Å². The molecule has 32 heteroatoms. The predicted molar refractivity (Wildman–Crippen MR) is 346 cm³/mol. The molecule has 26 nitrogen and oxygen atoms in total. The van der Waals surface area contributed by atoms with E-state index in [4.69, 9.17) is 44.0 Å². The third-order valence-corrected chi connectivity index (χ3v) is 21.4. The van der Waals surface area contributed by atoms with Crippen LogP contribution in [-0.2, 0) is 37.1 Å². The summed E-state index contributed by atoms with van der Waals surface area (Å²) in [5, 5.41) is 51.3. The first kappa shape index (κ1) is 65.7. The number of ketones is 1. The van der Waals surface area contributed by atoms with Gasteiger partial charge < -0.3 is 45.7 Å². The Kier molecular flexibility index (Phi) is 20.2. The lowest BCUT2D eigenvalue weighted by Gasteiger charge is -2.29. The van der Waals surface area contributed by atoms with Crippen molar-refractivity contribution in [3.8, 4) is 43.4 Å². The minimum Gasteiger partial charge on any atom is -0.481 e. The van der Waals surface area contributed by atoms with Crippen molar-refractivity contribution in [2.24, 2.45) is 17.8 Å². The van der Waals surface area contributed by atoms with Crippen molar-refractivity contribution in [2.45, 2.75) is 96.6 Å². The average molecular weight is 1370 g/mol. The van der Waals surface area contributed by atoms with Crippen molar-refractivity contribution < 1.29 is 62.8 Å². The number of aliphatic hydroxyl groups excluding tert-OH is 1. The molecular formula is C61H59N13O13S6. The number of aromatic carboxylic acids is 1. The quantitative estimate of drug-likeness (QED) is 0.0533. The van der Waals surface area contributed by atoms with Crippen molar-refractivity contribution in [3.63, 3.8) is 0 Å². The highest BCUT2D eigenvalue weighted by molar-refractivity contribution is 7.15. The van der Waals surface area contributed by atoms with Crippen molar-refractivity contribution in [1.29, 1.82) is 0 Å². The number of fused-ring (bicyclic) bond motifs is 14. The molecule has 0 radical (unpaired) electrons. The number of methoxy groups -OCH3 is 1. The molecule has 1 aliphatic heterocycles. The molecular weight excluding hydrogens is 1320 g/mol. The summed E-state index contributed by atoms with van der Waals surface area (Å²) in [4.78, 5) is 149. The Bertz CT molecular complexity index is 4290. The number of nitrogens with one attached hydrogen (secondary N) is 4. The van der Waals surface area contributed by atoms with Gasteiger partial charge in [-0.3, -0.25) is 38.5 Å². The number of ether oxygens (including phenoxy) is 1. The third-order valence-electron chi connectivity index (χ3n) is 15.6. The lowest BCUT2D eigenvalue weighted by molar-refractivity contribution is -0.144. The van der Waals surface area contributed by atoms with Crippen LogP contribution in [0, 0.1) is 24.7 Å². The number of nitrogens with zero attached hydrogens (tertiary/aromatic N) is 9. The summed E-state index contributed by atoms with van der Waals surface area (Å²) in [5.74, 6) is -7.52. The van der Waals surface area contributed by atoms with Crippen LogP contribution in [0.2, 0.25) is 0 Å². The summed E-state index contributed by atoms with van der Waals surface area (Å²) in [6, 6.07) is 10.0. The number of thiazole rings is 6. The zero-order valence-corrected chi connectivity index (χ0v) is 55.1. The fourth-order valence-corrected chi connectivity index (χ4v) is 16.3. The number of aliphatic hydroxyl groups is 1. The molecule has 1 unspecified atom stereocenters. The van der Waals surface area contributed by atoms with Gasteiger partial charge in [-0.15, -0.1) is 68.0 Å². The van der Waals surface area contributed by atoms with Crippen LogP contribution in [0.15, 0.2) is 74.6 Å². The van der Waals surface area contributed by atoms with Crippen molar-refractivity contribution in [3.05, 3.63) is 129 Å². The molecule has 0 spiro atoms. The van der Waals surface area contributed by atoms with E-state index in [0.29, 0.717) is 86.5 Å². The van der Waals surface area contributed by atoms with Gasteiger partial charge in [-0.1, -0.05) is 44.2 Å². The highest BCUT2D eigenvalue weighted by atomic mass is 32.1. The summed E-state index contributed by atoms with van der Waals surface area (Å²) in [5.41, 5.74) is 2.42. The van der Waals surface area contributed by atoms with Crippen LogP contribution < -0.4 is 26.2 Å². The molecule has 7 N–H and O–H groups in total. The molecule has 1 aliphatic carbocycles. The molecule has 8 aromatic heterocycles. The maximum Gasteiger partial charge on any atom is 0.373 e. The zero-order chi connectivity index (χ0) is 65.8. The second kappa shape index (κ2) is 28.6. The van der Waals surface area contributed by atoms with Gasteiger partial charge >= 0.3 is 11.9 Å². The van der Waals surface area contributed by atoms with E-state index in [1.165, 1.54) is 41.7 Å². The number of hydrogen-bond donors (Lipinski definition) is 7. The summed E-state index contributed by atoms with van der Waals surface area (Å²) < 4.78 is 11.0. The van der Waals surface area contributed by atoms with Crippen LogP contribution in [0.1, 0.15) is 155 Å². The monoisotopic (exact) mass is 1370 g/mol. The number of aryl methyl sites for hydroxylation is 1. The molecule has 1 fully saturated rings. The topological polar surface area (TPSA) is 374 Å². The Balaban J connectivity index is 0.988. The highest BCUT2D eigenvalue weighted by Crippen LogP contribution is 2.42. The normalized spacial score (nSPS) is 18.5. The minimum absolute atomic E-state index is 0.00909. The number of carboxylic acid groups (broad SMARTS) is 2. The number of pyridine rings is 1. The fraction of sp³-hybridized carbons (Fsp3) is 0.344. The number of carbonyl (C=O) groups is 8. The molecule has 11 rings (SSSR count). The predicted octanol–water partition coefficient (Wildman–Crippen LogP) is 9.31. The molecule has 2 aliphatic rings. The van der Waals surface area contributed by atoms with Crippen LogP contribution in [-0.4, -0.2) is 123 Å². The van der Waals surface area contributed by atoms with E-state index < -0.39 is 83.8 Å². The molecule has 0 saturated heterocycles. The molecule has 1 saturated carbocycles. The lowest BCUT2D eigenvalue weighted by atomic mass is 9.81. The fourth-order valence-electron chi connectivity index (χ4n) is 10.7. The van der Waals surface area contributed by atoms with E-state index in [2.05, 4.69) is 26.3 Å². The average Bonchev–Trinajstić information content (AvgIpc) is 1.72. The number of carbonyl (C=O) groups excluding carboxylic acids is 6. The van der Waals surface area contributed by atoms with Gasteiger partial charge in [0.15, 0.2) is 5.78 Å². The number of benzene rings is 1. The van der Waals surface area contributed by atoms with Gasteiger partial charge in [0.25, 0.3) is 11.8 Å². The summed E-state index contributed by atoms with van der Waals surface area (Å²) in [6.07, 6.45) is 0.600. The smallest absolute Gasteiger partial charge is 0.373 e. The van der Waals surface area contributed by atoms with Gasteiger partial charge in [0.1, 0.15) is 83.7 Å². The van der Waals surface area contributed by atoms with Gasteiger partial charge in [0.2, 0.25) is 29.4 Å². The van der Waals surface area contributed by atoms with E-state index in [1.807, 2.05) is 13.8 Å². The van der Waals surface area contributed by atoms with Crippen molar-refractivity contribution in [2.75, 3.05) is 25.6 Å². The molecule has 10 bridgehead atoms. The molecule has 9 heterocycles. The van der Waals surface area contributed by atoms with Crippen LogP contribution in [0.5, 0.6) is 0 Å². The standard InChI is InChI=1S/C61H59N13O13S6/c1-27(2)33-17-39(75)46-28(3)92-57(72-46)35(18-43(76)62-4)66-51(79)37-24-88-53(68-37)32-15-16-34(55-70-42(26-91-55)74(21-45-63-19-40(87-45)61(84)85)59(81)30-11-13-31(14-12-30)60(82)83)65-47(32)36-23-89-56(67-36)38-25-90-58(69-38)49(50(78)29-9-7-6-8-10-29)71-44(77)20-64-52(80)48-41(22-86-5)93-54(33)73-48/h6-10,15-16,19,23-27,30-31,33,35,49-50,78H,11-14,17-18,20-22H2,1-5H3,(H,62,76)(H,64,80)(H,66,79)(H,71,77)(H,82,83)(H,84,85)/t30?,31?,33?,35-,49-,50-/m0/s1.